The summed E-state index contributed by atoms with van der Waals surface area (Å²) in [4.78, 5) is 12.2. The van der Waals surface area contributed by atoms with Crippen molar-refractivity contribution in [2.75, 3.05) is 7.05 Å². The molecule has 92 valence electrons. The zero-order chi connectivity index (χ0) is 12.3. The van der Waals surface area contributed by atoms with Crippen molar-refractivity contribution in [1.29, 1.82) is 0 Å². The Hall–Kier alpha value is -1.19. The van der Waals surface area contributed by atoms with Crippen LogP contribution in [0.1, 0.15) is 29.6 Å². The fourth-order valence-corrected chi connectivity index (χ4v) is 2.56. The van der Waals surface area contributed by atoms with E-state index in [1.807, 2.05) is 37.4 Å². The molecule has 0 spiro atoms. The van der Waals surface area contributed by atoms with Gasteiger partial charge < -0.3 is 10.4 Å². The van der Waals surface area contributed by atoms with Crippen molar-refractivity contribution < 1.29 is 9.90 Å². The molecule has 0 radical (unpaired) electrons. The van der Waals surface area contributed by atoms with Gasteiger partial charge in [0, 0.05) is 17.5 Å². The number of hydrogen-bond donors (Lipinski definition) is 2. The summed E-state index contributed by atoms with van der Waals surface area (Å²) in [5.74, 6) is 0.135. The van der Waals surface area contributed by atoms with Gasteiger partial charge in [0.15, 0.2) is 5.78 Å². The Morgan fingerprint density at radius 2 is 2.00 bits per heavy atom. The first-order valence-corrected chi connectivity index (χ1v) is 6.17. The Morgan fingerprint density at radius 1 is 1.29 bits per heavy atom. The zero-order valence-corrected chi connectivity index (χ0v) is 10.1. The van der Waals surface area contributed by atoms with Crippen LogP contribution in [0, 0.1) is 5.92 Å². The Balaban J connectivity index is 2.03. The van der Waals surface area contributed by atoms with Gasteiger partial charge in [0.05, 0.1) is 6.10 Å². The van der Waals surface area contributed by atoms with Crippen molar-refractivity contribution in [3.05, 3.63) is 35.9 Å². The first-order valence-electron chi connectivity index (χ1n) is 6.17. The van der Waals surface area contributed by atoms with Crippen molar-refractivity contribution >= 4 is 5.78 Å². The summed E-state index contributed by atoms with van der Waals surface area (Å²) in [6, 6.07) is 9.49. The van der Waals surface area contributed by atoms with E-state index in [0.29, 0.717) is 6.42 Å². The molecule has 3 heteroatoms. The van der Waals surface area contributed by atoms with Crippen LogP contribution in [0.5, 0.6) is 0 Å². The molecule has 3 atom stereocenters. The molecule has 0 bridgehead atoms. The SMILES string of the molecule is CN[C@@H]1CC[C@H](C(=O)c2ccccc2)C[C@@H]1O. The molecule has 2 rings (SSSR count). The molecule has 1 aromatic carbocycles. The van der Waals surface area contributed by atoms with Crippen molar-refractivity contribution in [2.24, 2.45) is 5.92 Å². The summed E-state index contributed by atoms with van der Waals surface area (Å²) in [5.41, 5.74) is 0.757. The molecule has 2 N–H and O–H groups in total. The maximum Gasteiger partial charge on any atom is 0.166 e. The number of ketones is 1. The third-order valence-electron chi connectivity index (χ3n) is 3.62. The van der Waals surface area contributed by atoms with E-state index in [9.17, 15) is 9.90 Å². The number of Topliss-reactive ketones (excluding diaryl/α,β-unsaturated/α-hetero) is 1. The molecule has 0 aliphatic heterocycles. The second-order valence-electron chi connectivity index (χ2n) is 4.70. The number of carbonyl (C=O) groups excluding carboxylic acids is 1. The van der Waals surface area contributed by atoms with Crippen LogP contribution in [0.3, 0.4) is 0 Å². The number of carbonyl (C=O) groups is 1. The van der Waals surface area contributed by atoms with Crippen LogP contribution >= 0.6 is 0 Å². The predicted octanol–water partition coefficient (Wildman–Crippen LogP) is 1.62. The monoisotopic (exact) mass is 233 g/mol. The number of aliphatic hydroxyl groups is 1. The highest BCUT2D eigenvalue weighted by atomic mass is 16.3. The number of aliphatic hydroxyl groups excluding tert-OH is 1. The smallest absolute Gasteiger partial charge is 0.166 e. The minimum absolute atomic E-state index is 0.0306. The predicted molar refractivity (Wildman–Crippen MR) is 67.0 cm³/mol. The number of rotatable bonds is 3. The zero-order valence-electron chi connectivity index (χ0n) is 10.1. The summed E-state index contributed by atoms with van der Waals surface area (Å²) in [6.45, 7) is 0. The van der Waals surface area contributed by atoms with Crippen molar-refractivity contribution in [3.63, 3.8) is 0 Å². The molecule has 1 aromatic rings. The Morgan fingerprint density at radius 3 is 2.59 bits per heavy atom. The van der Waals surface area contributed by atoms with E-state index >= 15 is 0 Å². The molecule has 1 saturated carbocycles. The van der Waals surface area contributed by atoms with Gasteiger partial charge in [-0.25, -0.2) is 0 Å². The van der Waals surface area contributed by atoms with Gasteiger partial charge >= 0.3 is 0 Å². The molecule has 1 fully saturated rings. The topological polar surface area (TPSA) is 49.3 Å². The fraction of sp³-hybridized carbons (Fsp3) is 0.500. The van der Waals surface area contributed by atoms with E-state index in [-0.39, 0.29) is 17.7 Å². The van der Waals surface area contributed by atoms with Crippen LogP contribution < -0.4 is 5.32 Å². The third-order valence-corrected chi connectivity index (χ3v) is 3.62. The highest BCUT2D eigenvalue weighted by molar-refractivity contribution is 5.97. The molecular formula is C14H19NO2. The standard InChI is InChI=1S/C14H19NO2/c1-15-12-8-7-11(9-13(12)16)14(17)10-5-3-2-4-6-10/h2-6,11-13,15-16H,7-9H2,1H3/t11-,12+,13-/m0/s1. The fourth-order valence-electron chi connectivity index (χ4n) is 2.56. The molecule has 0 heterocycles. The molecule has 0 amide bonds. The lowest BCUT2D eigenvalue weighted by atomic mass is 9.80. The normalized spacial score (nSPS) is 28.9. The summed E-state index contributed by atoms with van der Waals surface area (Å²) in [5, 5.41) is 13.0. The average molecular weight is 233 g/mol. The summed E-state index contributed by atoms with van der Waals surface area (Å²) >= 11 is 0. The first kappa shape index (κ1) is 12.3. The molecule has 0 aromatic heterocycles. The Labute approximate surface area is 102 Å². The minimum atomic E-state index is -0.411. The van der Waals surface area contributed by atoms with Crippen LogP contribution in [0.15, 0.2) is 30.3 Å². The van der Waals surface area contributed by atoms with Crippen LogP contribution in [-0.4, -0.2) is 30.1 Å². The highest BCUT2D eigenvalue weighted by Gasteiger charge is 2.32. The molecule has 1 aliphatic rings. The average Bonchev–Trinajstić information content (AvgIpc) is 2.39. The van der Waals surface area contributed by atoms with Gasteiger partial charge in [-0.3, -0.25) is 4.79 Å². The Bertz CT molecular complexity index is 377. The van der Waals surface area contributed by atoms with E-state index in [1.165, 1.54) is 0 Å². The first-order chi connectivity index (χ1) is 8.22. The Kier molecular flexibility index (Phi) is 3.92. The van der Waals surface area contributed by atoms with Gasteiger partial charge in [-0.05, 0) is 26.3 Å². The van der Waals surface area contributed by atoms with Gasteiger partial charge in [0.25, 0.3) is 0 Å². The lowest BCUT2D eigenvalue weighted by molar-refractivity contribution is 0.0564. The van der Waals surface area contributed by atoms with Gasteiger partial charge in [0.1, 0.15) is 0 Å². The van der Waals surface area contributed by atoms with Gasteiger partial charge in [0.2, 0.25) is 0 Å². The van der Waals surface area contributed by atoms with E-state index in [1.54, 1.807) is 0 Å². The summed E-state index contributed by atoms with van der Waals surface area (Å²) in [6.07, 6.45) is 1.88. The van der Waals surface area contributed by atoms with Gasteiger partial charge in [-0.2, -0.15) is 0 Å². The third kappa shape index (κ3) is 2.73. The maximum atomic E-state index is 12.2. The molecule has 17 heavy (non-hydrogen) atoms. The van der Waals surface area contributed by atoms with Crippen molar-refractivity contribution in [2.45, 2.75) is 31.4 Å². The number of likely N-dealkylation sites (N-methyl/N-ethyl adjacent to an activating group) is 1. The molecule has 3 nitrogen and oxygen atoms in total. The quantitative estimate of drug-likeness (QED) is 0.780. The lowest BCUT2D eigenvalue weighted by Crippen LogP contribution is -2.43. The van der Waals surface area contributed by atoms with E-state index in [4.69, 9.17) is 0 Å². The van der Waals surface area contributed by atoms with E-state index in [0.717, 1.165) is 18.4 Å². The second-order valence-corrected chi connectivity index (χ2v) is 4.70. The number of hydrogen-bond acceptors (Lipinski definition) is 3. The minimum Gasteiger partial charge on any atom is -0.391 e. The van der Waals surface area contributed by atoms with Crippen LogP contribution in [0.2, 0.25) is 0 Å². The molecule has 0 saturated heterocycles. The van der Waals surface area contributed by atoms with Crippen LogP contribution in [0.25, 0.3) is 0 Å². The van der Waals surface area contributed by atoms with E-state index in [2.05, 4.69) is 5.32 Å². The lowest BCUT2D eigenvalue weighted by Gasteiger charge is -2.32. The van der Waals surface area contributed by atoms with Crippen molar-refractivity contribution in [1.82, 2.24) is 5.32 Å². The second kappa shape index (κ2) is 5.43. The van der Waals surface area contributed by atoms with E-state index < -0.39 is 6.10 Å². The largest absolute Gasteiger partial charge is 0.391 e. The van der Waals surface area contributed by atoms with Gasteiger partial charge in [-0.1, -0.05) is 30.3 Å². The molecular weight excluding hydrogens is 214 g/mol. The number of nitrogens with one attached hydrogen (secondary N) is 1. The molecule has 0 unspecified atom stereocenters. The van der Waals surface area contributed by atoms with Crippen molar-refractivity contribution in [3.8, 4) is 0 Å². The van der Waals surface area contributed by atoms with Crippen LogP contribution in [0.4, 0.5) is 0 Å². The molecule has 1 aliphatic carbocycles. The highest BCUT2D eigenvalue weighted by Crippen LogP contribution is 2.27. The summed E-state index contributed by atoms with van der Waals surface area (Å²) in [7, 11) is 1.85. The van der Waals surface area contributed by atoms with Gasteiger partial charge in [-0.15, -0.1) is 0 Å². The summed E-state index contributed by atoms with van der Waals surface area (Å²) < 4.78 is 0. The maximum absolute atomic E-state index is 12.2. The van der Waals surface area contributed by atoms with Crippen LogP contribution in [-0.2, 0) is 0 Å². The number of benzene rings is 1.